The van der Waals surface area contributed by atoms with Crippen molar-refractivity contribution in [3.05, 3.63) is 53.1 Å². The van der Waals surface area contributed by atoms with E-state index in [0.717, 1.165) is 45.4 Å². The minimum absolute atomic E-state index is 0.347. The van der Waals surface area contributed by atoms with Crippen molar-refractivity contribution in [1.82, 2.24) is 5.32 Å². The number of carbonyl (C=O) groups excluding carboxylic acids is 1. The molecule has 0 heterocycles. The Kier molecular flexibility index (Phi) is 10.1. The Morgan fingerprint density at radius 3 is 2.55 bits per heavy atom. The maximum absolute atomic E-state index is 12.6. The maximum atomic E-state index is 12.6. The van der Waals surface area contributed by atoms with Gasteiger partial charge in [0.05, 0.1) is 19.8 Å². The third kappa shape index (κ3) is 7.00. The van der Waals surface area contributed by atoms with E-state index in [4.69, 9.17) is 9.47 Å². The van der Waals surface area contributed by atoms with Crippen LogP contribution in [0.4, 0.5) is 0 Å². The summed E-state index contributed by atoms with van der Waals surface area (Å²) in [6.45, 7) is 5.01. The summed E-state index contributed by atoms with van der Waals surface area (Å²) in [4.78, 5) is 12.6. The molecule has 0 spiro atoms. The molecule has 0 aromatic heterocycles. The van der Waals surface area contributed by atoms with Crippen LogP contribution >= 0.6 is 11.8 Å². The number of ether oxygens (including phenoxy) is 2. The number of hydrogen-bond donors (Lipinski definition) is 1. The highest BCUT2D eigenvalue weighted by Gasteiger charge is 2.22. The Labute approximate surface area is 203 Å². The van der Waals surface area contributed by atoms with Crippen LogP contribution in [0.3, 0.4) is 0 Å². The molecule has 0 bridgehead atoms. The molecule has 1 unspecified atom stereocenters. The summed E-state index contributed by atoms with van der Waals surface area (Å²) in [5, 5.41) is 3.83. The van der Waals surface area contributed by atoms with Crippen molar-refractivity contribution >= 4 is 17.7 Å². The van der Waals surface area contributed by atoms with Gasteiger partial charge in [-0.1, -0.05) is 63.3 Å². The van der Waals surface area contributed by atoms with E-state index in [9.17, 15) is 4.79 Å². The second kappa shape index (κ2) is 13.0. The highest BCUT2D eigenvalue weighted by Crippen LogP contribution is 2.34. The minimum atomic E-state index is -0.347. The van der Waals surface area contributed by atoms with Crippen molar-refractivity contribution in [2.75, 3.05) is 25.7 Å². The lowest BCUT2D eigenvalue weighted by atomic mass is 9.85. The van der Waals surface area contributed by atoms with Crippen LogP contribution in [0.25, 0.3) is 11.1 Å². The van der Waals surface area contributed by atoms with Gasteiger partial charge >= 0.3 is 5.97 Å². The monoisotopic (exact) mass is 469 g/mol. The Balaban J connectivity index is 1.87. The summed E-state index contributed by atoms with van der Waals surface area (Å²) < 4.78 is 10.8. The molecule has 2 aromatic rings. The molecule has 0 aliphatic heterocycles. The fourth-order valence-electron chi connectivity index (χ4n) is 4.88. The zero-order chi connectivity index (χ0) is 23.6. The number of methoxy groups -OCH3 is 2. The van der Waals surface area contributed by atoms with Crippen molar-refractivity contribution in [3.8, 4) is 16.9 Å². The molecule has 0 amide bonds. The van der Waals surface area contributed by atoms with E-state index in [0.29, 0.717) is 18.2 Å². The van der Waals surface area contributed by atoms with E-state index in [1.165, 1.54) is 45.6 Å². The number of rotatable bonds is 11. The van der Waals surface area contributed by atoms with Crippen LogP contribution in [0, 0.1) is 12.8 Å². The third-order valence-corrected chi connectivity index (χ3v) is 7.75. The average Bonchev–Trinajstić information content (AvgIpc) is 2.85. The van der Waals surface area contributed by atoms with Gasteiger partial charge in [-0.3, -0.25) is 0 Å². The summed E-state index contributed by atoms with van der Waals surface area (Å²) >= 11 is 2.01. The first-order valence-electron chi connectivity index (χ1n) is 12.2. The standard InChI is InChI=1S/C28H39NO3S/c1-5-33-19-23(15-21-12-7-6-8-13-21)29-18-22-16-25(24-14-10-9-11-20(24)2)26(28(30)32-4)17-27(22)31-3/h9-11,14,16-17,21,23,29H,5-8,12-13,15,18-19H2,1-4H3. The zero-order valence-corrected chi connectivity index (χ0v) is 21.4. The van der Waals surface area contributed by atoms with E-state index < -0.39 is 0 Å². The largest absolute Gasteiger partial charge is 0.496 e. The molecular formula is C28H39NO3S. The normalized spacial score (nSPS) is 15.3. The molecule has 1 saturated carbocycles. The second-order valence-corrected chi connectivity index (χ2v) is 10.3. The fourth-order valence-corrected chi connectivity index (χ4v) is 5.65. The molecule has 1 aliphatic rings. The van der Waals surface area contributed by atoms with Gasteiger partial charge in [0, 0.05) is 23.9 Å². The molecule has 1 N–H and O–H groups in total. The van der Waals surface area contributed by atoms with E-state index in [1.54, 1.807) is 7.11 Å². The van der Waals surface area contributed by atoms with Crippen LogP contribution in [-0.4, -0.2) is 37.7 Å². The van der Waals surface area contributed by atoms with Crippen LogP contribution in [0.5, 0.6) is 5.75 Å². The average molecular weight is 470 g/mol. The molecule has 2 aromatic carbocycles. The highest BCUT2D eigenvalue weighted by atomic mass is 32.2. The predicted octanol–water partition coefficient (Wildman–Crippen LogP) is 6.64. The van der Waals surface area contributed by atoms with Gasteiger partial charge in [0.15, 0.2) is 0 Å². The van der Waals surface area contributed by atoms with Crippen LogP contribution in [0.1, 0.15) is 66.9 Å². The molecule has 1 fully saturated rings. The maximum Gasteiger partial charge on any atom is 0.338 e. The summed E-state index contributed by atoms with van der Waals surface area (Å²) in [6, 6.07) is 12.6. The van der Waals surface area contributed by atoms with E-state index in [2.05, 4.69) is 37.4 Å². The quantitative estimate of drug-likeness (QED) is 0.374. The number of hydrogen-bond acceptors (Lipinski definition) is 5. The highest BCUT2D eigenvalue weighted by molar-refractivity contribution is 7.99. The molecule has 1 aliphatic carbocycles. The molecule has 33 heavy (non-hydrogen) atoms. The fraction of sp³-hybridized carbons (Fsp3) is 0.536. The van der Waals surface area contributed by atoms with Gasteiger partial charge in [0.25, 0.3) is 0 Å². The topological polar surface area (TPSA) is 47.6 Å². The van der Waals surface area contributed by atoms with Crippen LogP contribution in [-0.2, 0) is 11.3 Å². The first-order valence-corrected chi connectivity index (χ1v) is 13.4. The van der Waals surface area contributed by atoms with Gasteiger partial charge in [-0.2, -0.15) is 11.8 Å². The predicted molar refractivity (Wildman–Crippen MR) is 139 cm³/mol. The Morgan fingerprint density at radius 2 is 1.88 bits per heavy atom. The molecule has 0 saturated heterocycles. The van der Waals surface area contributed by atoms with Crippen molar-refractivity contribution in [3.63, 3.8) is 0 Å². The first kappa shape index (κ1) is 25.6. The van der Waals surface area contributed by atoms with Crippen molar-refractivity contribution < 1.29 is 14.3 Å². The SMILES string of the molecule is CCSCC(CC1CCCCC1)NCc1cc(-c2ccccc2C)c(C(=O)OC)cc1OC. The molecule has 0 radical (unpaired) electrons. The Bertz CT molecular complexity index is 908. The van der Waals surface area contributed by atoms with Gasteiger partial charge in [0.2, 0.25) is 0 Å². The van der Waals surface area contributed by atoms with E-state index >= 15 is 0 Å². The molecular weight excluding hydrogens is 430 g/mol. The zero-order valence-electron chi connectivity index (χ0n) is 20.6. The van der Waals surface area contributed by atoms with Gasteiger partial charge in [0.1, 0.15) is 5.75 Å². The molecule has 180 valence electrons. The van der Waals surface area contributed by atoms with Gasteiger partial charge < -0.3 is 14.8 Å². The van der Waals surface area contributed by atoms with Crippen molar-refractivity contribution in [2.45, 2.75) is 65.0 Å². The molecule has 3 rings (SSSR count). The Morgan fingerprint density at radius 1 is 1.12 bits per heavy atom. The van der Waals surface area contributed by atoms with Crippen LogP contribution in [0.15, 0.2) is 36.4 Å². The summed E-state index contributed by atoms with van der Waals surface area (Å²) in [5.74, 6) is 3.47. The lowest BCUT2D eigenvalue weighted by molar-refractivity contribution is 0.0601. The minimum Gasteiger partial charge on any atom is -0.496 e. The van der Waals surface area contributed by atoms with Crippen LogP contribution < -0.4 is 10.1 Å². The van der Waals surface area contributed by atoms with Crippen molar-refractivity contribution in [1.29, 1.82) is 0 Å². The van der Waals surface area contributed by atoms with Crippen molar-refractivity contribution in [2.24, 2.45) is 5.92 Å². The van der Waals surface area contributed by atoms with Gasteiger partial charge in [-0.25, -0.2) is 4.79 Å². The summed E-state index contributed by atoms with van der Waals surface area (Å²) in [6.07, 6.45) is 8.11. The number of aryl methyl sites for hydroxylation is 1. The van der Waals surface area contributed by atoms with Crippen LogP contribution in [0.2, 0.25) is 0 Å². The Hall–Kier alpha value is -1.98. The number of esters is 1. The number of thioether (sulfide) groups is 1. The number of benzene rings is 2. The van der Waals surface area contributed by atoms with E-state index in [-0.39, 0.29) is 5.97 Å². The first-order chi connectivity index (χ1) is 16.1. The lowest BCUT2D eigenvalue weighted by Crippen LogP contribution is -2.33. The van der Waals surface area contributed by atoms with Gasteiger partial charge in [-0.05, 0) is 53.8 Å². The van der Waals surface area contributed by atoms with E-state index in [1.807, 2.05) is 30.0 Å². The van der Waals surface area contributed by atoms with Gasteiger partial charge in [-0.15, -0.1) is 0 Å². The summed E-state index contributed by atoms with van der Waals surface area (Å²) in [7, 11) is 3.09. The second-order valence-electron chi connectivity index (χ2n) is 8.99. The molecule has 5 heteroatoms. The molecule has 4 nitrogen and oxygen atoms in total. The lowest BCUT2D eigenvalue weighted by Gasteiger charge is -2.27. The number of carbonyl (C=O) groups is 1. The summed E-state index contributed by atoms with van der Waals surface area (Å²) in [5.41, 5.74) is 4.67. The third-order valence-electron chi connectivity index (χ3n) is 6.71. The number of nitrogens with one attached hydrogen (secondary N) is 1. The molecule has 1 atom stereocenters. The smallest absolute Gasteiger partial charge is 0.338 e.